The molecule has 1 aliphatic rings. The first-order valence-corrected chi connectivity index (χ1v) is 7.50. The van der Waals surface area contributed by atoms with Crippen molar-refractivity contribution in [1.29, 1.82) is 0 Å². The highest BCUT2D eigenvalue weighted by Crippen LogP contribution is 2.32. The Hall–Kier alpha value is -1.27. The van der Waals surface area contributed by atoms with Gasteiger partial charge >= 0.3 is 10.2 Å². The van der Waals surface area contributed by atoms with Crippen LogP contribution in [-0.2, 0) is 10.2 Å². The van der Waals surface area contributed by atoms with Crippen LogP contribution in [-0.4, -0.2) is 27.6 Å². The molecule has 0 saturated carbocycles. The van der Waals surface area contributed by atoms with Crippen molar-refractivity contribution >= 4 is 15.9 Å². The molecule has 100 valence electrons. The van der Waals surface area contributed by atoms with Crippen molar-refractivity contribution < 1.29 is 13.2 Å². The number of fused-ring (bicyclic) bond motifs is 1. The van der Waals surface area contributed by atoms with Gasteiger partial charge in [0.15, 0.2) is 0 Å². The van der Waals surface area contributed by atoms with E-state index in [-0.39, 0.29) is 6.04 Å². The van der Waals surface area contributed by atoms with E-state index >= 15 is 0 Å². The van der Waals surface area contributed by atoms with Crippen molar-refractivity contribution in [2.24, 2.45) is 0 Å². The third-order valence-electron chi connectivity index (χ3n) is 2.94. The number of nitrogens with one attached hydrogen (secondary N) is 1. The molecule has 0 radical (unpaired) electrons. The van der Waals surface area contributed by atoms with Crippen molar-refractivity contribution in [1.82, 2.24) is 4.72 Å². The van der Waals surface area contributed by atoms with Crippen molar-refractivity contribution in [3.8, 4) is 5.75 Å². The van der Waals surface area contributed by atoms with Crippen LogP contribution < -0.4 is 13.8 Å². The fourth-order valence-corrected chi connectivity index (χ4v) is 3.32. The maximum absolute atomic E-state index is 12.3. The lowest BCUT2D eigenvalue weighted by molar-refractivity contribution is 0.315. The van der Waals surface area contributed by atoms with Crippen LogP contribution in [0.5, 0.6) is 5.75 Å². The molecule has 0 aliphatic carbocycles. The highest BCUT2D eigenvalue weighted by atomic mass is 32.2. The van der Waals surface area contributed by atoms with E-state index in [1.807, 2.05) is 19.9 Å². The Morgan fingerprint density at radius 1 is 1.44 bits per heavy atom. The molecular formula is C12H18N2O3S. The van der Waals surface area contributed by atoms with Crippen LogP contribution in [0, 0.1) is 0 Å². The van der Waals surface area contributed by atoms with E-state index in [1.165, 1.54) is 4.31 Å². The smallest absolute Gasteiger partial charge is 0.302 e. The average molecular weight is 270 g/mol. The Bertz CT molecular complexity index is 516. The number of ether oxygens (including phenoxy) is 1. The molecule has 0 amide bonds. The molecule has 6 heteroatoms. The molecule has 5 nitrogen and oxygen atoms in total. The Morgan fingerprint density at radius 2 is 2.17 bits per heavy atom. The summed E-state index contributed by atoms with van der Waals surface area (Å²) in [5, 5.41) is 0. The summed E-state index contributed by atoms with van der Waals surface area (Å²) < 4.78 is 34.0. The molecule has 18 heavy (non-hydrogen) atoms. The predicted octanol–water partition coefficient (Wildman–Crippen LogP) is 1.52. The van der Waals surface area contributed by atoms with Crippen LogP contribution in [0.2, 0.25) is 0 Å². The number of hydrogen-bond acceptors (Lipinski definition) is 3. The summed E-state index contributed by atoms with van der Waals surface area (Å²) in [4.78, 5) is 0. The fraction of sp³-hybridized carbons (Fsp3) is 0.500. The van der Waals surface area contributed by atoms with Gasteiger partial charge in [0, 0.05) is 6.04 Å². The summed E-state index contributed by atoms with van der Waals surface area (Å²) in [6.07, 6.45) is 0.755. The highest BCUT2D eigenvalue weighted by molar-refractivity contribution is 7.90. The van der Waals surface area contributed by atoms with Crippen molar-refractivity contribution in [2.45, 2.75) is 26.3 Å². The topological polar surface area (TPSA) is 58.6 Å². The summed E-state index contributed by atoms with van der Waals surface area (Å²) in [6, 6.07) is 7.09. The number of hydrogen-bond donors (Lipinski definition) is 1. The lowest BCUT2D eigenvalue weighted by Gasteiger charge is -2.31. The summed E-state index contributed by atoms with van der Waals surface area (Å²) >= 11 is 0. The van der Waals surface area contributed by atoms with Gasteiger partial charge < -0.3 is 4.74 Å². The molecule has 1 heterocycles. The normalized spacial score (nSPS) is 16.9. The lowest BCUT2D eigenvalue weighted by Crippen LogP contribution is -2.47. The van der Waals surface area contributed by atoms with Gasteiger partial charge in [0.2, 0.25) is 0 Å². The molecule has 0 bridgehead atoms. The van der Waals surface area contributed by atoms with Crippen LogP contribution in [0.25, 0.3) is 0 Å². The number of benzene rings is 1. The second kappa shape index (κ2) is 5.16. The van der Waals surface area contributed by atoms with E-state index in [0.29, 0.717) is 24.6 Å². The quantitative estimate of drug-likeness (QED) is 0.902. The van der Waals surface area contributed by atoms with E-state index in [2.05, 4.69) is 4.72 Å². The van der Waals surface area contributed by atoms with Crippen molar-refractivity contribution in [3.63, 3.8) is 0 Å². The maximum atomic E-state index is 12.3. The Balaban J connectivity index is 2.30. The summed E-state index contributed by atoms with van der Waals surface area (Å²) in [5.74, 6) is 0.610. The van der Waals surface area contributed by atoms with Gasteiger partial charge in [-0.2, -0.15) is 13.1 Å². The molecule has 2 rings (SSSR count). The number of para-hydroxylation sites is 2. The van der Waals surface area contributed by atoms with Gasteiger partial charge in [-0.1, -0.05) is 19.1 Å². The van der Waals surface area contributed by atoms with Crippen LogP contribution in [0.1, 0.15) is 20.3 Å². The van der Waals surface area contributed by atoms with Gasteiger partial charge in [0.1, 0.15) is 12.4 Å². The largest absolute Gasteiger partial charge is 0.489 e. The average Bonchev–Trinajstić information content (AvgIpc) is 2.37. The van der Waals surface area contributed by atoms with Crippen molar-refractivity contribution in [3.05, 3.63) is 24.3 Å². The number of rotatable bonds is 4. The SMILES string of the molecule is CCC(C)NS(=O)(=O)N1CCOc2ccccc21. The van der Waals surface area contributed by atoms with E-state index in [1.54, 1.807) is 18.2 Å². The Morgan fingerprint density at radius 3 is 2.89 bits per heavy atom. The first-order chi connectivity index (χ1) is 8.54. The second-order valence-corrected chi connectivity index (χ2v) is 5.95. The van der Waals surface area contributed by atoms with Gasteiger partial charge in [0.05, 0.1) is 12.2 Å². The van der Waals surface area contributed by atoms with E-state index in [0.717, 1.165) is 6.42 Å². The molecule has 1 aliphatic heterocycles. The molecule has 1 atom stereocenters. The first kappa shape index (κ1) is 13.2. The minimum Gasteiger partial charge on any atom is -0.489 e. The molecule has 0 spiro atoms. The molecule has 1 unspecified atom stereocenters. The standard InChI is InChI=1S/C12H18N2O3S/c1-3-10(2)13-18(15,16)14-8-9-17-12-7-5-4-6-11(12)14/h4-7,10,13H,3,8-9H2,1-2H3. The summed E-state index contributed by atoms with van der Waals surface area (Å²) in [5.41, 5.74) is 0.597. The molecule has 1 aromatic carbocycles. The molecular weight excluding hydrogens is 252 g/mol. The second-order valence-electron chi connectivity index (χ2n) is 4.32. The molecule has 0 aromatic heterocycles. The van der Waals surface area contributed by atoms with E-state index in [4.69, 9.17) is 4.74 Å². The van der Waals surface area contributed by atoms with Gasteiger partial charge in [-0.3, -0.25) is 4.31 Å². The summed E-state index contributed by atoms with van der Waals surface area (Å²) in [7, 11) is -3.50. The zero-order valence-electron chi connectivity index (χ0n) is 10.6. The van der Waals surface area contributed by atoms with E-state index in [9.17, 15) is 8.42 Å². The maximum Gasteiger partial charge on any atom is 0.302 e. The highest BCUT2D eigenvalue weighted by Gasteiger charge is 2.28. The van der Waals surface area contributed by atoms with Gasteiger partial charge in [0.25, 0.3) is 0 Å². The summed E-state index contributed by atoms with van der Waals surface area (Å²) in [6.45, 7) is 4.51. The molecule has 1 aromatic rings. The van der Waals surface area contributed by atoms with Crippen LogP contribution in [0.4, 0.5) is 5.69 Å². The fourth-order valence-electron chi connectivity index (χ4n) is 1.80. The zero-order chi connectivity index (χ0) is 13.2. The van der Waals surface area contributed by atoms with E-state index < -0.39 is 10.2 Å². The Labute approximate surface area is 108 Å². The van der Waals surface area contributed by atoms with Crippen LogP contribution in [0.3, 0.4) is 0 Å². The van der Waals surface area contributed by atoms with Gasteiger partial charge in [-0.15, -0.1) is 0 Å². The predicted molar refractivity (Wildman–Crippen MR) is 71.1 cm³/mol. The van der Waals surface area contributed by atoms with Gasteiger partial charge in [-0.05, 0) is 25.5 Å². The molecule has 0 saturated heterocycles. The Kier molecular flexibility index (Phi) is 3.77. The monoisotopic (exact) mass is 270 g/mol. The van der Waals surface area contributed by atoms with Gasteiger partial charge in [-0.25, -0.2) is 0 Å². The minimum absolute atomic E-state index is 0.0787. The van der Waals surface area contributed by atoms with Crippen molar-refractivity contribution in [2.75, 3.05) is 17.5 Å². The van der Waals surface area contributed by atoms with Crippen LogP contribution >= 0.6 is 0 Å². The molecule has 0 fully saturated rings. The minimum atomic E-state index is -3.50. The molecule has 1 N–H and O–H groups in total. The third kappa shape index (κ3) is 2.59. The van der Waals surface area contributed by atoms with Crippen LogP contribution in [0.15, 0.2) is 24.3 Å². The first-order valence-electron chi connectivity index (χ1n) is 6.06. The lowest BCUT2D eigenvalue weighted by atomic mass is 10.2. The third-order valence-corrected chi connectivity index (χ3v) is 4.60. The number of anilines is 1. The number of nitrogens with zero attached hydrogens (tertiary/aromatic N) is 1. The zero-order valence-corrected chi connectivity index (χ0v) is 11.4.